The number of anilines is 1. The van der Waals surface area contributed by atoms with Crippen LogP contribution in [0, 0.1) is 11.7 Å². The zero-order valence-electron chi connectivity index (χ0n) is 11.9. The number of nitrogens with two attached hydrogens (primary N) is 1. The third kappa shape index (κ3) is 4.18. The van der Waals surface area contributed by atoms with Crippen molar-refractivity contribution in [2.75, 3.05) is 39.5 Å². The summed E-state index contributed by atoms with van der Waals surface area (Å²) in [5, 5.41) is 0. The van der Waals surface area contributed by atoms with Crippen molar-refractivity contribution in [3.05, 3.63) is 29.6 Å². The predicted octanol–water partition coefficient (Wildman–Crippen LogP) is 2.18. The lowest BCUT2D eigenvalue weighted by molar-refractivity contribution is 0.157. The van der Waals surface area contributed by atoms with Crippen molar-refractivity contribution in [2.45, 2.75) is 19.4 Å². The van der Waals surface area contributed by atoms with E-state index < -0.39 is 0 Å². The molecule has 0 spiro atoms. The Bertz CT molecular complexity index is 412. The molecule has 1 heterocycles. The summed E-state index contributed by atoms with van der Waals surface area (Å²) in [6, 6.07) is 5.13. The standard InChI is InChI=1S/C15H24FN3/c1-18(2)10-12-5-7-19(8-6-12)11-13-3-4-15(17)14(16)9-13/h3-4,9,12H,5-8,10-11,17H2,1-2H3. The van der Waals surface area contributed by atoms with E-state index >= 15 is 0 Å². The van der Waals surface area contributed by atoms with Gasteiger partial charge in [-0.3, -0.25) is 4.90 Å². The van der Waals surface area contributed by atoms with Gasteiger partial charge in [-0.15, -0.1) is 0 Å². The predicted molar refractivity (Wildman–Crippen MR) is 77.4 cm³/mol. The zero-order chi connectivity index (χ0) is 13.8. The second-order valence-corrected chi connectivity index (χ2v) is 5.84. The number of nitrogen functional groups attached to an aromatic ring is 1. The smallest absolute Gasteiger partial charge is 0.146 e. The van der Waals surface area contributed by atoms with Crippen molar-refractivity contribution in [3.8, 4) is 0 Å². The van der Waals surface area contributed by atoms with E-state index in [1.807, 2.05) is 6.07 Å². The maximum absolute atomic E-state index is 13.4. The van der Waals surface area contributed by atoms with Gasteiger partial charge in [0, 0.05) is 13.1 Å². The van der Waals surface area contributed by atoms with E-state index in [0.29, 0.717) is 0 Å². The van der Waals surface area contributed by atoms with Crippen LogP contribution in [0.3, 0.4) is 0 Å². The minimum atomic E-state index is -0.306. The van der Waals surface area contributed by atoms with Crippen LogP contribution in [0.15, 0.2) is 18.2 Å². The number of likely N-dealkylation sites (tertiary alicyclic amines) is 1. The molecule has 4 heteroatoms. The van der Waals surface area contributed by atoms with E-state index in [1.54, 1.807) is 12.1 Å². The Kier molecular flexibility index (Phi) is 4.77. The van der Waals surface area contributed by atoms with Crippen LogP contribution in [0.4, 0.5) is 10.1 Å². The van der Waals surface area contributed by atoms with Crippen molar-refractivity contribution in [2.24, 2.45) is 5.92 Å². The van der Waals surface area contributed by atoms with Crippen LogP contribution in [0.2, 0.25) is 0 Å². The van der Waals surface area contributed by atoms with Crippen LogP contribution in [-0.4, -0.2) is 43.5 Å². The molecule has 2 rings (SSSR count). The van der Waals surface area contributed by atoms with Gasteiger partial charge in [-0.2, -0.15) is 0 Å². The van der Waals surface area contributed by atoms with Gasteiger partial charge in [-0.1, -0.05) is 6.07 Å². The number of hydrogen-bond donors (Lipinski definition) is 1. The molecule has 1 aliphatic heterocycles. The van der Waals surface area contributed by atoms with Gasteiger partial charge in [0.2, 0.25) is 0 Å². The van der Waals surface area contributed by atoms with Crippen LogP contribution < -0.4 is 5.73 Å². The maximum atomic E-state index is 13.4. The Morgan fingerprint density at radius 2 is 2.00 bits per heavy atom. The van der Waals surface area contributed by atoms with Crippen molar-refractivity contribution < 1.29 is 4.39 Å². The quantitative estimate of drug-likeness (QED) is 0.847. The molecule has 0 aliphatic carbocycles. The average Bonchev–Trinajstić information content (AvgIpc) is 2.36. The lowest BCUT2D eigenvalue weighted by Crippen LogP contribution is -2.36. The van der Waals surface area contributed by atoms with E-state index in [9.17, 15) is 4.39 Å². The molecule has 1 saturated heterocycles. The minimum Gasteiger partial charge on any atom is -0.396 e. The van der Waals surface area contributed by atoms with Crippen molar-refractivity contribution in [1.82, 2.24) is 9.80 Å². The third-order valence-electron chi connectivity index (χ3n) is 3.80. The normalized spacial score (nSPS) is 18.1. The van der Waals surface area contributed by atoms with Crippen LogP contribution in [0.5, 0.6) is 0 Å². The number of hydrogen-bond acceptors (Lipinski definition) is 3. The number of nitrogens with zero attached hydrogens (tertiary/aromatic N) is 2. The van der Waals surface area contributed by atoms with E-state index in [2.05, 4.69) is 23.9 Å². The average molecular weight is 265 g/mol. The van der Waals surface area contributed by atoms with Gasteiger partial charge in [0.15, 0.2) is 0 Å². The minimum absolute atomic E-state index is 0.230. The fraction of sp³-hybridized carbons (Fsp3) is 0.600. The molecular formula is C15H24FN3. The molecule has 1 aromatic carbocycles. The number of benzene rings is 1. The van der Waals surface area contributed by atoms with Gasteiger partial charge in [0.25, 0.3) is 0 Å². The molecule has 106 valence electrons. The first-order valence-electron chi connectivity index (χ1n) is 6.95. The monoisotopic (exact) mass is 265 g/mol. The highest BCUT2D eigenvalue weighted by Gasteiger charge is 2.19. The summed E-state index contributed by atoms with van der Waals surface area (Å²) in [5.41, 5.74) is 6.74. The lowest BCUT2D eigenvalue weighted by Gasteiger charge is -2.33. The van der Waals surface area contributed by atoms with Gasteiger partial charge in [0.1, 0.15) is 5.82 Å². The molecule has 1 aromatic rings. The number of rotatable bonds is 4. The molecule has 19 heavy (non-hydrogen) atoms. The second-order valence-electron chi connectivity index (χ2n) is 5.84. The Balaban J connectivity index is 1.83. The van der Waals surface area contributed by atoms with Crippen molar-refractivity contribution >= 4 is 5.69 Å². The zero-order valence-corrected chi connectivity index (χ0v) is 11.9. The van der Waals surface area contributed by atoms with Crippen LogP contribution >= 0.6 is 0 Å². The molecule has 3 nitrogen and oxygen atoms in total. The van der Waals surface area contributed by atoms with Crippen LogP contribution in [-0.2, 0) is 6.54 Å². The summed E-state index contributed by atoms with van der Waals surface area (Å²) in [4.78, 5) is 4.66. The van der Waals surface area contributed by atoms with Gasteiger partial charge >= 0.3 is 0 Å². The first kappa shape index (κ1) is 14.3. The Morgan fingerprint density at radius 3 is 2.58 bits per heavy atom. The van der Waals surface area contributed by atoms with Crippen LogP contribution in [0.1, 0.15) is 18.4 Å². The summed E-state index contributed by atoms with van der Waals surface area (Å²) >= 11 is 0. The molecular weight excluding hydrogens is 241 g/mol. The fourth-order valence-electron chi connectivity index (χ4n) is 2.77. The van der Waals surface area contributed by atoms with E-state index in [1.165, 1.54) is 19.4 Å². The second kappa shape index (κ2) is 6.35. The summed E-state index contributed by atoms with van der Waals surface area (Å²) in [6.07, 6.45) is 2.46. The number of piperidine rings is 1. The van der Waals surface area contributed by atoms with Gasteiger partial charge < -0.3 is 10.6 Å². The lowest BCUT2D eigenvalue weighted by atomic mass is 9.96. The van der Waals surface area contributed by atoms with E-state index in [0.717, 1.165) is 31.1 Å². The van der Waals surface area contributed by atoms with Gasteiger partial charge in [-0.05, 0) is 63.6 Å². The Hall–Kier alpha value is -1.13. The van der Waals surface area contributed by atoms with Crippen molar-refractivity contribution in [3.63, 3.8) is 0 Å². The van der Waals surface area contributed by atoms with Crippen LogP contribution in [0.25, 0.3) is 0 Å². The number of halogens is 1. The summed E-state index contributed by atoms with van der Waals surface area (Å²) in [6.45, 7) is 4.20. The highest BCUT2D eigenvalue weighted by atomic mass is 19.1. The topological polar surface area (TPSA) is 32.5 Å². The molecule has 0 bridgehead atoms. The Morgan fingerprint density at radius 1 is 1.32 bits per heavy atom. The molecule has 0 amide bonds. The summed E-state index contributed by atoms with van der Waals surface area (Å²) in [5.74, 6) is 0.495. The molecule has 0 unspecified atom stereocenters. The highest BCUT2D eigenvalue weighted by Crippen LogP contribution is 2.20. The van der Waals surface area contributed by atoms with Crippen molar-refractivity contribution in [1.29, 1.82) is 0 Å². The summed E-state index contributed by atoms with van der Waals surface area (Å²) < 4.78 is 13.4. The van der Waals surface area contributed by atoms with E-state index in [4.69, 9.17) is 5.73 Å². The molecule has 0 radical (unpaired) electrons. The Labute approximate surface area is 115 Å². The summed E-state index contributed by atoms with van der Waals surface area (Å²) in [7, 11) is 4.26. The first-order chi connectivity index (χ1) is 9.04. The largest absolute Gasteiger partial charge is 0.396 e. The SMILES string of the molecule is CN(C)CC1CCN(Cc2ccc(N)c(F)c2)CC1. The molecule has 2 N–H and O–H groups in total. The molecule has 0 atom stereocenters. The molecule has 1 fully saturated rings. The maximum Gasteiger partial charge on any atom is 0.146 e. The molecule has 1 aliphatic rings. The third-order valence-corrected chi connectivity index (χ3v) is 3.80. The molecule has 0 saturated carbocycles. The highest BCUT2D eigenvalue weighted by molar-refractivity contribution is 5.41. The van der Waals surface area contributed by atoms with Gasteiger partial charge in [-0.25, -0.2) is 4.39 Å². The van der Waals surface area contributed by atoms with Gasteiger partial charge in [0.05, 0.1) is 5.69 Å². The fourth-order valence-corrected chi connectivity index (χ4v) is 2.77. The molecule has 0 aromatic heterocycles. The van der Waals surface area contributed by atoms with E-state index in [-0.39, 0.29) is 11.5 Å². The first-order valence-corrected chi connectivity index (χ1v) is 6.95.